The zero-order chi connectivity index (χ0) is 23.5. The number of nitrogens with one attached hydrogen (secondary N) is 1. The van der Waals surface area contributed by atoms with Gasteiger partial charge in [-0.15, -0.1) is 0 Å². The summed E-state index contributed by atoms with van der Waals surface area (Å²) in [7, 11) is 1.51. The van der Waals surface area contributed by atoms with Crippen molar-refractivity contribution in [1.82, 2.24) is 5.32 Å². The second-order valence-electron chi connectivity index (χ2n) is 7.31. The fraction of sp³-hybridized carbons (Fsp3) is 0.0800. The van der Waals surface area contributed by atoms with E-state index in [2.05, 4.69) is 21.2 Å². The first-order chi connectivity index (χ1) is 15.9. The van der Waals surface area contributed by atoms with Crippen LogP contribution in [0.5, 0.6) is 5.75 Å². The first-order valence-electron chi connectivity index (χ1n) is 9.94. The lowest BCUT2D eigenvalue weighted by atomic mass is 9.97. The van der Waals surface area contributed by atoms with Gasteiger partial charge in [0, 0.05) is 4.47 Å². The van der Waals surface area contributed by atoms with Gasteiger partial charge in [0.2, 0.25) is 0 Å². The van der Waals surface area contributed by atoms with Gasteiger partial charge in [0.15, 0.2) is 0 Å². The Hall–Kier alpha value is -3.78. The van der Waals surface area contributed by atoms with Crippen molar-refractivity contribution in [2.24, 2.45) is 0 Å². The lowest BCUT2D eigenvalue weighted by Gasteiger charge is -2.26. The molecule has 0 unspecified atom stereocenters. The van der Waals surface area contributed by atoms with E-state index < -0.39 is 17.8 Å². The van der Waals surface area contributed by atoms with E-state index in [1.807, 2.05) is 12.1 Å². The summed E-state index contributed by atoms with van der Waals surface area (Å²) >= 11 is 3.41. The van der Waals surface area contributed by atoms with Crippen LogP contribution in [0.25, 0.3) is 6.08 Å². The van der Waals surface area contributed by atoms with Crippen molar-refractivity contribution < 1.29 is 23.5 Å². The number of methoxy groups -OCH3 is 1. The molecule has 0 radical (unpaired) electrons. The Balaban J connectivity index is 1.72. The molecule has 1 fully saturated rings. The molecule has 166 valence electrons. The van der Waals surface area contributed by atoms with Gasteiger partial charge in [0.1, 0.15) is 17.1 Å². The highest BCUT2D eigenvalue weighted by Crippen LogP contribution is 2.27. The molecule has 1 aliphatic rings. The summed E-state index contributed by atoms with van der Waals surface area (Å²) in [6.07, 6.45) is 1.83. The number of anilines is 1. The van der Waals surface area contributed by atoms with E-state index in [9.17, 15) is 18.8 Å². The van der Waals surface area contributed by atoms with E-state index in [0.29, 0.717) is 23.4 Å². The second-order valence-corrected chi connectivity index (χ2v) is 8.22. The van der Waals surface area contributed by atoms with Crippen LogP contribution in [0.15, 0.2) is 76.8 Å². The maximum Gasteiger partial charge on any atom is 0.335 e. The predicted octanol–water partition coefficient (Wildman–Crippen LogP) is 4.85. The molecule has 0 aliphatic carbocycles. The number of rotatable bonds is 5. The molecule has 33 heavy (non-hydrogen) atoms. The third kappa shape index (κ3) is 4.85. The number of amides is 4. The zero-order valence-electron chi connectivity index (χ0n) is 17.5. The van der Waals surface area contributed by atoms with Crippen LogP contribution in [0.2, 0.25) is 0 Å². The van der Waals surface area contributed by atoms with Crippen LogP contribution < -0.4 is 15.0 Å². The standard InChI is InChI=1S/C25H18BrFN2O4/c1-33-21-9-7-20(8-10-21)29-24(31)22(23(30)28-25(29)32)14-17-13-18(26)6-5-16(17)11-15-3-2-4-19(27)12-15/h2-10,12-14H,11H2,1H3,(H,28,30,32)/b22-14+. The number of ether oxygens (including phenoxy) is 1. The summed E-state index contributed by atoms with van der Waals surface area (Å²) in [6.45, 7) is 0. The molecule has 4 rings (SSSR count). The summed E-state index contributed by atoms with van der Waals surface area (Å²) in [5.41, 5.74) is 2.22. The molecule has 0 saturated carbocycles. The van der Waals surface area contributed by atoms with Crippen LogP contribution in [0, 0.1) is 5.82 Å². The van der Waals surface area contributed by atoms with Gasteiger partial charge in [-0.05, 0) is 77.7 Å². The van der Waals surface area contributed by atoms with Gasteiger partial charge in [-0.25, -0.2) is 14.1 Å². The number of urea groups is 1. The Bertz CT molecular complexity index is 1290. The molecule has 4 amide bonds. The summed E-state index contributed by atoms with van der Waals surface area (Å²) in [4.78, 5) is 39.1. The van der Waals surface area contributed by atoms with Crippen molar-refractivity contribution in [3.63, 3.8) is 0 Å². The van der Waals surface area contributed by atoms with Gasteiger partial charge in [0.05, 0.1) is 12.8 Å². The minimum atomic E-state index is -0.832. The lowest BCUT2D eigenvalue weighted by Crippen LogP contribution is -2.54. The molecule has 0 aromatic heterocycles. The van der Waals surface area contributed by atoms with Crippen LogP contribution in [-0.4, -0.2) is 25.0 Å². The summed E-state index contributed by atoms with van der Waals surface area (Å²) < 4.78 is 19.5. The quantitative estimate of drug-likeness (QED) is 0.394. The number of hydrogen-bond donors (Lipinski definition) is 1. The van der Waals surface area contributed by atoms with Crippen molar-refractivity contribution in [3.8, 4) is 5.75 Å². The maximum absolute atomic E-state index is 13.6. The average molecular weight is 509 g/mol. The Morgan fingerprint density at radius 2 is 1.79 bits per heavy atom. The molecule has 8 heteroatoms. The third-order valence-corrected chi connectivity index (χ3v) is 5.62. The maximum atomic E-state index is 13.6. The number of barbiturate groups is 1. The van der Waals surface area contributed by atoms with Crippen molar-refractivity contribution in [2.45, 2.75) is 6.42 Å². The van der Waals surface area contributed by atoms with Gasteiger partial charge >= 0.3 is 6.03 Å². The minimum Gasteiger partial charge on any atom is -0.497 e. The Morgan fingerprint density at radius 3 is 2.48 bits per heavy atom. The van der Waals surface area contributed by atoms with E-state index in [0.717, 1.165) is 20.5 Å². The zero-order valence-corrected chi connectivity index (χ0v) is 19.1. The molecular formula is C25H18BrFN2O4. The predicted molar refractivity (Wildman–Crippen MR) is 125 cm³/mol. The molecule has 1 N–H and O–H groups in total. The fourth-order valence-corrected chi connectivity index (χ4v) is 3.89. The summed E-state index contributed by atoms with van der Waals surface area (Å²) in [5, 5.41) is 2.21. The second kappa shape index (κ2) is 9.38. The van der Waals surface area contributed by atoms with Crippen LogP contribution >= 0.6 is 15.9 Å². The number of benzene rings is 3. The number of carbonyl (C=O) groups is 3. The molecule has 0 spiro atoms. The van der Waals surface area contributed by atoms with Crippen molar-refractivity contribution in [2.75, 3.05) is 12.0 Å². The average Bonchev–Trinajstić information content (AvgIpc) is 2.78. The highest BCUT2D eigenvalue weighted by molar-refractivity contribution is 9.10. The van der Waals surface area contributed by atoms with Gasteiger partial charge in [-0.2, -0.15) is 0 Å². The first kappa shape index (κ1) is 22.4. The molecule has 3 aromatic carbocycles. The van der Waals surface area contributed by atoms with Gasteiger partial charge < -0.3 is 4.74 Å². The van der Waals surface area contributed by atoms with E-state index in [4.69, 9.17) is 4.74 Å². The third-order valence-electron chi connectivity index (χ3n) is 5.12. The van der Waals surface area contributed by atoms with Gasteiger partial charge in [-0.3, -0.25) is 14.9 Å². The van der Waals surface area contributed by atoms with Crippen molar-refractivity contribution >= 4 is 45.5 Å². The lowest BCUT2D eigenvalue weighted by molar-refractivity contribution is -0.122. The number of nitrogens with zero attached hydrogens (tertiary/aromatic N) is 1. The molecule has 3 aromatic rings. The molecular weight excluding hydrogens is 491 g/mol. The molecule has 0 atom stereocenters. The molecule has 1 aliphatic heterocycles. The number of carbonyl (C=O) groups excluding carboxylic acids is 3. The Kier molecular flexibility index (Phi) is 6.37. The Morgan fingerprint density at radius 1 is 1.03 bits per heavy atom. The van der Waals surface area contributed by atoms with E-state index in [1.54, 1.807) is 42.5 Å². The largest absolute Gasteiger partial charge is 0.497 e. The number of hydrogen-bond acceptors (Lipinski definition) is 4. The molecule has 0 bridgehead atoms. The summed E-state index contributed by atoms with van der Waals surface area (Å²) in [5.74, 6) is -1.32. The highest BCUT2D eigenvalue weighted by atomic mass is 79.9. The van der Waals surface area contributed by atoms with Crippen LogP contribution in [0.4, 0.5) is 14.9 Å². The van der Waals surface area contributed by atoms with Crippen LogP contribution in [0.3, 0.4) is 0 Å². The van der Waals surface area contributed by atoms with Crippen LogP contribution in [-0.2, 0) is 16.0 Å². The SMILES string of the molecule is COc1ccc(N2C(=O)NC(=O)/C(=C\c3cc(Br)ccc3Cc3cccc(F)c3)C2=O)cc1. The topological polar surface area (TPSA) is 75.7 Å². The number of halogens is 2. The number of imide groups is 2. The Labute approximate surface area is 197 Å². The highest BCUT2D eigenvalue weighted by Gasteiger charge is 2.37. The minimum absolute atomic E-state index is 0.191. The monoisotopic (exact) mass is 508 g/mol. The molecule has 1 heterocycles. The van der Waals surface area contributed by atoms with E-state index in [1.165, 1.54) is 25.3 Å². The van der Waals surface area contributed by atoms with Crippen molar-refractivity contribution in [1.29, 1.82) is 0 Å². The van der Waals surface area contributed by atoms with E-state index >= 15 is 0 Å². The molecule has 1 saturated heterocycles. The normalized spacial score (nSPS) is 15.1. The molecule has 6 nitrogen and oxygen atoms in total. The van der Waals surface area contributed by atoms with Crippen molar-refractivity contribution in [3.05, 3.63) is 99.3 Å². The smallest absolute Gasteiger partial charge is 0.335 e. The fourth-order valence-electron chi connectivity index (χ4n) is 3.51. The summed E-state index contributed by atoms with van der Waals surface area (Å²) in [6, 6.07) is 17.1. The van der Waals surface area contributed by atoms with E-state index in [-0.39, 0.29) is 11.4 Å². The van der Waals surface area contributed by atoms with Crippen LogP contribution in [0.1, 0.15) is 16.7 Å². The van der Waals surface area contributed by atoms with Gasteiger partial charge in [-0.1, -0.05) is 34.1 Å². The van der Waals surface area contributed by atoms with Gasteiger partial charge in [0.25, 0.3) is 11.8 Å². The first-order valence-corrected chi connectivity index (χ1v) is 10.7.